The number of hydrogen-bond acceptors (Lipinski definition) is 9. The fraction of sp³-hybridized carbons (Fsp3) is 0.515. The fourth-order valence-corrected chi connectivity index (χ4v) is 6.89. The molecule has 0 unspecified atom stereocenters. The number of aliphatic hydroxyl groups is 1. The molecule has 4 heterocycles. The number of alkyl halides is 3. The van der Waals surface area contributed by atoms with Crippen LogP contribution in [-0.4, -0.2) is 83.6 Å². The number of piperidine rings is 1. The molecule has 11 nitrogen and oxygen atoms in total. The van der Waals surface area contributed by atoms with Crippen LogP contribution in [0.2, 0.25) is 0 Å². The number of carboxylic acid groups (broad SMARTS) is 1. The second kappa shape index (κ2) is 14.7. The number of aromatic nitrogens is 5. The molecule has 0 bridgehead atoms. The van der Waals surface area contributed by atoms with Gasteiger partial charge in [-0.3, -0.25) is 4.79 Å². The molecule has 2 aliphatic rings. The fourth-order valence-electron chi connectivity index (χ4n) is 6.05. The van der Waals surface area contributed by atoms with E-state index in [0.717, 1.165) is 85.5 Å². The van der Waals surface area contributed by atoms with Crippen LogP contribution in [0.4, 0.5) is 13.2 Å². The van der Waals surface area contributed by atoms with Gasteiger partial charge in [-0.25, -0.2) is 24.4 Å². The summed E-state index contributed by atoms with van der Waals surface area (Å²) in [5.41, 5.74) is 5.45. The van der Waals surface area contributed by atoms with Gasteiger partial charge in [-0.15, -0.1) is 0 Å². The lowest BCUT2D eigenvalue weighted by atomic mass is 9.71. The maximum Gasteiger partial charge on any atom is 0.490 e. The number of benzene rings is 1. The third-order valence-corrected chi connectivity index (χ3v) is 9.95. The van der Waals surface area contributed by atoms with E-state index in [4.69, 9.17) is 19.9 Å². The molecular formula is C33H40F3N7O4S. The second-order valence-corrected chi connectivity index (χ2v) is 14.3. The lowest BCUT2D eigenvalue weighted by molar-refractivity contribution is -0.192. The highest BCUT2D eigenvalue weighted by Crippen LogP contribution is 2.38. The van der Waals surface area contributed by atoms with Gasteiger partial charge < -0.3 is 20.4 Å². The standard InChI is InChI=1S/C31H39N7O2S.C2HF3O2/c1-31(2,3)22-6-9-25-21(16-22)17-27-29(35-25)41-30(36-27)28(40)34-26(12-15-37-13-10-24(39)11-14-37)20-4-7-23(8-5-20)38-19-32-18-33-38;3-2(4,5)1(6)7/h4-5,7-8,17-19,22,24,26,39H,6,9-16H2,1-3H3,(H,34,40);(H,6,7)/t22-,26+;/m0./s1. The summed E-state index contributed by atoms with van der Waals surface area (Å²) >= 11 is 1.38. The Bertz CT molecular complexity index is 1700. The number of aryl methyl sites for hydroxylation is 1. The molecular weight excluding hydrogens is 647 g/mol. The summed E-state index contributed by atoms with van der Waals surface area (Å²) < 4.78 is 33.5. The molecule has 15 heteroatoms. The molecule has 1 fully saturated rings. The van der Waals surface area contributed by atoms with Crippen molar-refractivity contribution < 1.29 is 33.0 Å². The van der Waals surface area contributed by atoms with Crippen molar-refractivity contribution in [2.45, 2.75) is 77.6 Å². The number of rotatable bonds is 7. The Kier molecular flexibility index (Phi) is 10.8. The smallest absolute Gasteiger partial charge is 0.475 e. The van der Waals surface area contributed by atoms with Crippen molar-refractivity contribution in [1.82, 2.24) is 34.9 Å². The number of aliphatic carboxylic acids is 1. The quantitative estimate of drug-likeness (QED) is 0.233. The summed E-state index contributed by atoms with van der Waals surface area (Å²) in [6.45, 7) is 9.52. The Labute approximate surface area is 280 Å². The lowest BCUT2D eigenvalue weighted by Gasteiger charge is -2.34. The van der Waals surface area contributed by atoms with Crippen LogP contribution in [0.1, 0.15) is 79.1 Å². The first-order valence-electron chi connectivity index (χ1n) is 15.9. The van der Waals surface area contributed by atoms with E-state index in [-0.39, 0.29) is 23.5 Å². The molecule has 0 saturated carbocycles. The predicted octanol–water partition coefficient (Wildman–Crippen LogP) is 5.37. The topological polar surface area (TPSA) is 146 Å². The minimum absolute atomic E-state index is 0.169. The molecule has 2 atom stereocenters. The number of aliphatic hydroxyl groups excluding tert-OH is 1. The van der Waals surface area contributed by atoms with Crippen molar-refractivity contribution >= 4 is 33.6 Å². The van der Waals surface area contributed by atoms with Gasteiger partial charge in [-0.2, -0.15) is 18.3 Å². The molecule has 0 radical (unpaired) electrons. The molecule has 258 valence electrons. The first-order valence-corrected chi connectivity index (χ1v) is 16.7. The van der Waals surface area contributed by atoms with Gasteiger partial charge in [-0.05, 0) is 79.2 Å². The number of pyridine rings is 1. The summed E-state index contributed by atoms with van der Waals surface area (Å²) in [7, 11) is 0. The average Bonchev–Trinajstić information content (AvgIpc) is 3.72. The molecule has 0 spiro atoms. The number of likely N-dealkylation sites (tertiary alicyclic amines) is 1. The monoisotopic (exact) mass is 687 g/mol. The lowest BCUT2D eigenvalue weighted by Crippen LogP contribution is -2.38. The van der Waals surface area contributed by atoms with Gasteiger partial charge in [-0.1, -0.05) is 44.2 Å². The van der Waals surface area contributed by atoms with Crippen molar-refractivity contribution in [1.29, 1.82) is 0 Å². The highest BCUT2D eigenvalue weighted by molar-refractivity contribution is 7.19. The van der Waals surface area contributed by atoms with Crippen LogP contribution in [0.25, 0.3) is 16.0 Å². The minimum atomic E-state index is -5.08. The number of carbonyl (C=O) groups excluding carboxylic acids is 1. The molecule has 1 saturated heterocycles. The van der Waals surface area contributed by atoms with Crippen molar-refractivity contribution in [3.8, 4) is 5.69 Å². The van der Waals surface area contributed by atoms with E-state index < -0.39 is 12.1 Å². The Balaban J connectivity index is 0.000000582. The zero-order valence-electron chi connectivity index (χ0n) is 27.1. The van der Waals surface area contributed by atoms with Crippen LogP contribution in [0.5, 0.6) is 0 Å². The number of fused-ring (bicyclic) bond motifs is 2. The summed E-state index contributed by atoms with van der Waals surface area (Å²) in [6.07, 6.45) is 3.38. The Morgan fingerprint density at radius 2 is 1.77 bits per heavy atom. The van der Waals surface area contributed by atoms with Crippen LogP contribution in [0.3, 0.4) is 0 Å². The first-order chi connectivity index (χ1) is 22.7. The van der Waals surface area contributed by atoms with E-state index in [9.17, 15) is 23.1 Å². The third-order valence-electron chi connectivity index (χ3n) is 8.99. The minimum Gasteiger partial charge on any atom is -0.475 e. The van der Waals surface area contributed by atoms with E-state index in [0.29, 0.717) is 10.9 Å². The van der Waals surface area contributed by atoms with E-state index >= 15 is 0 Å². The Morgan fingerprint density at radius 1 is 1.08 bits per heavy atom. The van der Waals surface area contributed by atoms with E-state index in [1.807, 2.05) is 24.3 Å². The number of halogens is 3. The number of hydrogen-bond donors (Lipinski definition) is 3. The first kappa shape index (κ1) is 35.4. The molecule has 6 rings (SSSR count). The van der Waals surface area contributed by atoms with Crippen LogP contribution in [0.15, 0.2) is 43.0 Å². The predicted molar refractivity (Wildman–Crippen MR) is 174 cm³/mol. The molecule has 1 aromatic carbocycles. The summed E-state index contributed by atoms with van der Waals surface area (Å²) in [4.78, 5) is 39.4. The van der Waals surface area contributed by atoms with E-state index in [2.05, 4.69) is 47.1 Å². The van der Waals surface area contributed by atoms with Crippen molar-refractivity contribution in [3.63, 3.8) is 0 Å². The molecule has 3 aromatic heterocycles. The molecule has 1 aliphatic heterocycles. The zero-order chi connectivity index (χ0) is 34.6. The highest BCUT2D eigenvalue weighted by atomic mass is 32.1. The van der Waals surface area contributed by atoms with Gasteiger partial charge in [0.05, 0.1) is 17.8 Å². The number of thiazole rings is 1. The van der Waals surface area contributed by atoms with Crippen molar-refractivity contribution in [2.24, 2.45) is 11.3 Å². The van der Waals surface area contributed by atoms with Gasteiger partial charge in [0, 0.05) is 25.3 Å². The van der Waals surface area contributed by atoms with Gasteiger partial charge in [0.25, 0.3) is 5.91 Å². The third kappa shape index (κ3) is 8.94. The van der Waals surface area contributed by atoms with Crippen LogP contribution >= 0.6 is 11.3 Å². The summed E-state index contributed by atoms with van der Waals surface area (Å²) in [6, 6.07) is 10.1. The number of nitrogens with zero attached hydrogens (tertiary/aromatic N) is 6. The zero-order valence-corrected chi connectivity index (χ0v) is 27.9. The molecule has 3 N–H and O–H groups in total. The van der Waals surface area contributed by atoms with Gasteiger partial charge in [0.2, 0.25) is 0 Å². The largest absolute Gasteiger partial charge is 0.490 e. The van der Waals surface area contributed by atoms with Gasteiger partial charge in [0.15, 0.2) is 5.01 Å². The maximum atomic E-state index is 13.6. The number of carbonyl (C=O) groups is 2. The van der Waals surface area contributed by atoms with Crippen molar-refractivity contribution in [3.05, 3.63) is 64.8 Å². The molecule has 4 aromatic rings. The molecule has 1 aliphatic carbocycles. The second-order valence-electron chi connectivity index (χ2n) is 13.4. The number of nitrogens with one attached hydrogen (secondary N) is 1. The molecule has 48 heavy (non-hydrogen) atoms. The summed E-state index contributed by atoms with van der Waals surface area (Å²) in [5.74, 6) is -2.30. The van der Waals surface area contributed by atoms with E-state index in [1.165, 1.54) is 23.2 Å². The SMILES string of the molecule is CC(C)(C)[C@H]1CCc2nc3sc(C(=O)N[C@H](CCN4CCC(O)CC4)c4ccc(-n5cncn5)cc4)nc3cc2C1.O=C(O)C(F)(F)F. The summed E-state index contributed by atoms with van der Waals surface area (Å²) in [5, 5.41) is 25.0. The van der Waals surface area contributed by atoms with Crippen LogP contribution in [-0.2, 0) is 17.6 Å². The van der Waals surface area contributed by atoms with Gasteiger partial charge in [0.1, 0.15) is 23.0 Å². The molecule has 1 amide bonds. The van der Waals surface area contributed by atoms with Crippen LogP contribution < -0.4 is 5.32 Å². The Morgan fingerprint density at radius 3 is 2.38 bits per heavy atom. The van der Waals surface area contributed by atoms with Crippen LogP contribution in [0, 0.1) is 11.3 Å². The maximum absolute atomic E-state index is 13.6. The average molecular weight is 688 g/mol. The number of carboxylic acids is 1. The van der Waals surface area contributed by atoms with Gasteiger partial charge >= 0.3 is 12.1 Å². The van der Waals surface area contributed by atoms with E-state index in [1.54, 1.807) is 11.0 Å². The van der Waals surface area contributed by atoms with Crippen molar-refractivity contribution in [2.75, 3.05) is 19.6 Å². The highest BCUT2D eigenvalue weighted by Gasteiger charge is 2.38. The normalized spacial score (nSPS) is 18.1. The number of amides is 1. The Hall–Kier alpha value is -3.95.